The molecule has 16 heavy (non-hydrogen) atoms. The third-order valence-electron chi connectivity index (χ3n) is 2.53. The monoisotopic (exact) mass is 235 g/mol. The van der Waals surface area contributed by atoms with Crippen molar-refractivity contribution in [2.75, 3.05) is 5.43 Å². The van der Waals surface area contributed by atoms with Gasteiger partial charge in [-0.15, -0.1) is 0 Å². The zero-order valence-electron chi connectivity index (χ0n) is 9.13. The fraction of sp³-hybridized carbons (Fsp3) is 0.250. The molecule has 0 saturated heterocycles. The molecule has 1 aromatic carbocycles. The first-order valence-electron chi connectivity index (χ1n) is 5.31. The molecule has 0 spiro atoms. The third kappa shape index (κ3) is 1.96. The molecule has 0 radical (unpaired) electrons. The number of nitrogens with two attached hydrogens (primary N) is 1. The molecule has 2 rings (SSSR count). The molecule has 0 aliphatic rings. The van der Waals surface area contributed by atoms with Gasteiger partial charge in [0.05, 0.1) is 21.9 Å². The van der Waals surface area contributed by atoms with Crippen molar-refractivity contribution in [1.29, 1.82) is 0 Å². The topological polar surface area (TPSA) is 50.9 Å². The molecular formula is C12H14ClN3. The van der Waals surface area contributed by atoms with Gasteiger partial charge in [-0.2, -0.15) is 0 Å². The summed E-state index contributed by atoms with van der Waals surface area (Å²) in [5, 5.41) is 1.63. The number of rotatable bonds is 3. The Bertz CT molecular complexity index is 511. The van der Waals surface area contributed by atoms with Crippen LogP contribution in [0.1, 0.15) is 19.0 Å². The molecule has 0 atom stereocenters. The minimum absolute atomic E-state index is 0.699. The van der Waals surface area contributed by atoms with Crippen LogP contribution >= 0.6 is 11.6 Å². The predicted molar refractivity (Wildman–Crippen MR) is 68.6 cm³/mol. The minimum atomic E-state index is 0.699. The average Bonchev–Trinajstić information content (AvgIpc) is 2.29. The quantitative estimate of drug-likeness (QED) is 0.635. The summed E-state index contributed by atoms with van der Waals surface area (Å²) in [7, 11) is 0. The number of nitrogens with zero attached hydrogens (tertiary/aromatic N) is 1. The zero-order chi connectivity index (χ0) is 11.5. The van der Waals surface area contributed by atoms with E-state index in [2.05, 4.69) is 17.3 Å². The summed E-state index contributed by atoms with van der Waals surface area (Å²) in [6.45, 7) is 2.12. The molecule has 3 N–H and O–H groups in total. The molecule has 0 fully saturated rings. The first-order chi connectivity index (χ1) is 7.76. The molecule has 84 valence electrons. The highest BCUT2D eigenvalue weighted by molar-refractivity contribution is 6.35. The van der Waals surface area contributed by atoms with Gasteiger partial charge in [-0.05, 0) is 24.6 Å². The molecular weight excluding hydrogens is 222 g/mol. The van der Waals surface area contributed by atoms with E-state index in [1.807, 2.05) is 24.3 Å². The molecule has 1 heterocycles. The smallest absolute Gasteiger partial charge is 0.0721 e. The second kappa shape index (κ2) is 4.68. The van der Waals surface area contributed by atoms with E-state index >= 15 is 0 Å². The number of hydrazine groups is 1. The summed E-state index contributed by atoms with van der Waals surface area (Å²) in [5.74, 6) is 5.49. The lowest BCUT2D eigenvalue weighted by atomic mass is 10.1. The Labute approximate surface area is 99.6 Å². The molecule has 0 aliphatic heterocycles. The van der Waals surface area contributed by atoms with E-state index in [4.69, 9.17) is 17.4 Å². The van der Waals surface area contributed by atoms with Crippen molar-refractivity contribution >= 4 is 28.2 Å². The van der Waals surface area contributed by atoms with Crippen LogP contribution in [0, 0.1) is 0 Å². The highest BCUT2D eigenvalue weighted by Crippen LogP contribution is 2.27. The van der Waals surface area contributed by atoms with Crippen molar-refractivity contribution in [2.24, 2.45) is 5.84 Å². The largest absolute Gasteiger partial charge is 0.322 e. The van der Waals surface area contributed by atoms with Crippen molar-refractivity contribution in [3.8, 4) is 0 Å². The molecule has 0 bridgehead atoms. The second-order valence-electron chi connectivity index (χ2n) is 3.68. The number of fused-ring (bicyclic) bond motifs is 1. The first kappa shape index (κ1) is 11.2. The lowest BCUT2D eigenvalue weighted by Crippen LogP contribution is -2.10. The maximum atomic E-state index is 6.11. The van der Waals surface area contributed by atoms with Crippen LogP contribution in [-0.4, -0.2) is 4.98 Å². The van der Waals surface area contributed by atoms with Crippen molar-refractivity contribution in [1.82, 2.24) is 4.98 Å². The lowest BCUT2D eigenvalue weighted by Gasteiger charge is -2.09. The second-order valence-corrected chi connectivity index (χ2v) is 4.09. The van der Waals surface area contributed by atoms with E-state index in [1.54, 1.807) is 0 Å². The van der Waals surface area contributed by atoms with E-state index in [0.29, 0.717) is 5.02 Å². The Morgan fingerprint density at radius 3 is 2.94 bits per heavy atom. The van der Waals surface area contributed by atoms with Crippen molar-refractivity contribution in [2.45, 2.75) is 19.8 Å². The van der Waals surface area contributed by atoms with Crippen molar-refractivity contribution in [3.63, 3.8) is 0 Å². The number of hydrogen-bond acceptors (Lipinski definition) is 3. The number of pyridine rings is 1. The van der Waals surface area contributed by atoms with Crippen LogP contribution in [0.15, 0.2) is 24.3 Å². The maximum Gasteiger partial charge on any atom is 0.0721 e. The van der Waals surface area contributed by atoms with Crippen LogP contribution in [0.4, 0.5) is 5.69 Å². The van der Waals surface area contributed by atoms with Gasteiger partial charge >= 0.3 is 0 Å². The number of nitrogen functional groups attached to an aromatic ring is 1. The third-order valence-corrected chi connectivity index (χ3v) is 2.86. The normalized spacial score (nSPS) is 10.7. The summed E-state index contributed by atoms with van der Waals surface area (Å²) < 4.78 is 0. The first-order valence-corrected chi connectivity index (χ1v) is 5.68. The van der Waals surface area contributed by atoms with Crippen molar-refractivity contribution in [3.05, 3.63) is 35.0 Å². The Kier molecular flexibility index (Phi) is 3.27. The molecule has 0 unspecified atom stereocenters. The van der Waals surface area contributed by atoms with Gasteiger partial charge in [0.15, 0.2) is 0 Å². The van der Waals surface area contributed by atoms with Crippen LogP contribution in [0.3, 0.4) is 0 Å². The number of aryl methyl sites for hydroxylation is 1. The van der Waals surface area contributed by atoms with E-state index in [0.717, 1.165) is 35.1 Å². The standard InChI is InChI=1S/C12H14ClN3/c1-2-4-11-12(16-14)7-8-9(13)5-3-6-10(8)15-11/h3,5-7,16H,2,4,14H2,1H3. The number of halogens is 1. The van der Waals surface area contributed by atoms with E-state index in [9.17, 15) is 0 Å². The van der Waals surface area contributed by atoms with Gasteiger partial charge in [0.2, 0.25) is 0 Å². The number of anilines is 1. The van der Waals surface area contributed by atoms with Gasteiger partial charge in [0, 0.05) is 5.39 Å². The number of benzene rings is 1. The highest BCUT2D eigenvalue weighted by Gasteiger charge is 2.07. The van der Waals surface area contributed by atoms with E-state index < -0.39 is 0 Å². The van der Waals surface area contributed by atoms with Gasteiger partial charge < -0.3 is 5.43 Å². The Morgan fingerprint density at radius 2 is 2.25 bits per heavy atom. The predicted octanol–water partition coefficient (Wildman–Crippen LogP) is 3.13. The molecule has 0 aliphatic carbocycles. The summed E-state index contributed by atoms with van der Waals surface area (Å²) in [6.07, 6.45) is 1.94. The van der Waals surface area contributed by atoms with Gasteiger partial charge in [-0.25, -0.2) is 0 Å². The Balaban J connectivity index is 2.65. The molecule has 0 amide bonds. The average molecular weight is 236 g/mol. The SMILES string of the molecule is CCCc1nc2cccc(Cl)c2cc1NN. The number of nitrogens with one attached hydrogen (secondary N) is 1. The Hall–Kier alpha value is -1.32. The van der Waals surface area contributed by atoms with Crippen LogP contribution in [0.25, 0.3) is 10.9 Å². The maximum absolute atomic E-state index is 6.11. The van der Waals surface area contributed by atoms with Gasteiger partial charge in [-0.1, -0.05) is 31.0 Å². The molecule has 4 heteroatoms. The van der Waals surface area contributed by atoms with Gasteiger partial charge in [0.25, 0.3) is 0 Å². The highest BCUT2D eigenvalue weighted by atomic mass is 35.5. The van der Waals surface area contributed by atoms with Gasteiger partial charge in [0.1, 0.15) is 0 Å². The lowest BCUT2D eigenvalue weighted by molar-refractivity contribution is 0.890. The fourth-order valence-electron chi connectivity index (χ4n) is 1.75. The molecule has 1 aromatic heterocycles. The summed E-state index contributed by atoms with van der Waals surface area (Å²) in [5.41, 5.74) is 5.43. The molecule has 3 nitrogen and oxygen atoms in total. The molecule has 0 saturated carbocycles. The Morgan fingerprint density at radius 1 is 1.44 bits per heavy atom. The van der Waals surface area contributed by atoms with Crippen LogP contribution in [0.2, 0.25) is 5.02 Å². The summed E-state index contributed by atoms with van der Waals surface area (Å²) in [6, 6.07) is 7.67. The van der Waals surface area contributed by atoms with Crippen LogP contribution < -0.4 is 11.3 Å². The number of hydrogen-bond donors (Lipinski definition) is 2. The fourth-order valence-corrected chi connectivity index (χ4v) is 1.98. The van der Waals surface area contributed by atoms with Gasteiger partial charge in [-0.3, -0.25) is 10.8 Å². The minimum Gasteiger partial charge on any atom is -0.322 e. The van der Waals surface area contributed by atoms with Crippen molar-refractivity contribution < 1.29 is 0 Å². The summed E-state index contributed by atoms with van der Waals surface area (Å²) in [4.78, 5) is 4.57. The van der Waals surface area contributed by atoms with Crippen LogP contribution in [0.5, 0.6) is 0 Å². The van der Waals surface area contributed by atoms with E-state index in [1.165, 1.54) is 0 Å². The van der Waals surface area contributed by atoms with E-state index in [-0.39, 0.29) is 0 Å². The molecule has 2 aromatic rings. The van der Waals surface area contributed by atoms with Crippen LogP contribution in [-0.2, 0) is 6.42 Å². The summed E-state index contributed by atoms with van der Waals surface area (Å²) >= 11 is 6.11. The number of aromatic nitrogens is 1. The zero-order valence-corrected chi connectivity index (χ0v) is 9.88.